The van der Waals surface area contributed by atoms with Crippen molar-refractivity contribution in [3.63, 3.8) is 0 Å². The van der Waals surface area contributed by atoms with Gasteiger partial charge in [0, 0.05) is 29.5 Å². The van der Waals surface area contributed by atoms with E-state index in [0.29, 0.717) is 28.9 Å². The number of aromatic amines is 1. The molecule has 2 unspecified atom stereocenters. The molecular formula is C24H32N6O6S. The Morgan fingerprint density at radius 1 is 1.27 bits per heavy atom. The summed E-state index contributed by atoms with van der Waals surface area (Å²) in [7, 11) is -4.00. The van der Waals surface area contributed by atoms with E-state index in [1.54, 1.807) is 53.1 Å². The number of hydrogen-bond donors (Lipinski definition) is 5. The smallest absolute Gasteiger partial charge is 0.272 e. The van der Waals surface area contributed by atoms with Crippen molar-refractivity contribution in [2.75, 3.05) is 31.1 Å². The van der Waals surface area contributed by atoms with E-state index in [1.165, 1.54) is 0 Å². The number of carbonyl (C=O) groups is 2. The molecule has 37 heavy (non-hydrogen) atoms. The van der Waals surface area contributed by atoms with Crippen molar-refractivity contribution in [1.29, 1.82) is 0 Å². The van der Waals surface area contributed by atoms with Crippen molar-refractivity contribution in [3.8, 4) is 0 Å². The van der Waals surface area contributed by atoms with Crippen molar-refractivity contribution in [3.05, 3.63) is 75.8 Å². The van der Waals surface area contributed by atoms with E-state index in [9.17, 15) is 22.8 Å². The van der Waals surface area contributed by atoms with Crippen LogP contribution < -0.4 is 20.9 Å². The number of sulfonamides is 1. The van der Waals surface area contributed by atoms with Gasteiger partial charge in [0.2, 0.25) is 22.3 Å². The van der Waals surface area contributed by atoms with Crippen LogP contribution in [0.1, 0.15) is 29.9 Å². The second kappa shape index (κ2) is 12.0. The molecule has 5 N–H and O–H groups in total. The van der Waals surface area contributed by atoms with E-state index in [0.717, 1.165) is 0 Å². The number of anilines is 1. The molecule has 1 aromatic carbocycles. The largest absolute Gasteiger partial charge is 0.395 e. The van der Waals surface area contributed by atoms with Crippen molar-refractivity contribution in [2.45, 2.75) is 31.8 Å². The predicted molar refractivity (Wildman–Crippen MR) is 139 cm³/mol. The van der Waals surface area contributed by atoms with Gasteiger partial charge in [-0.1, -0.05) is 36.9 Å². The quantitative estimate of drug-likeness (QED) is 0.238. The molecule has 12 nitrogen and oxygen atoms in total. The average Bonchev–Trinajstić information content (AvgIpc) is 3.07. The lowest BCUT2D eigenvalue weighted by atomic mass is 10.1. The first-order valence-corrected chi connectivity index (χ1v) is 13.3. The summed E-state index contributed by atoms with van der Waals surface area (Å²) in [5.74, 6) is -0.727. The highest BCUT2D eigenvalue weighted by atomic mass is 32.2. The maximum absolute atomic E-state index is 13.1. The number of aliphatic hydroxyl groups excluding tert-OH is 1. The van der Waals surface area contributed by atoms with Crippen LogP contribution in [-0.4, -0.2) is 73.0 Å². The number of nitrogens with zero attached hydrogens (tertiary/aromatic N) is 2. The van der Waals surface area contributed by atoms with Gasteiger partial charge in [0.1, 0.15) is 11.9 Å². The Balaban J connectivity index is 2.07. The maximum Gasteiger partial charge on any atom is 0.272 e. The summed E-state index contributed by atoms with van der Waals surface area (Å²) >= 11 is 0. The fraction of sp³-hybridized carbons (Fsp3) is 0.375. The minimum absolute atomic E-state index is 0.00809. The normalized spacial score (nSPS) is 18.0. The molecule has 0 radical (unpaired) electrons. The van der Waals surface area contributed by atoms with E-state index in [1.807, 2.05) is 6.92 Å². The molecular weight excluding hydrogens is 500 g/mol. The van der Waals surface area contributed by atoms with Gasteiger partial charge >= 0.3 is 0 Å². The van der Waals surface area contributed by atoms with Crippen LogP contribution in [0.5, 0.6) is 0 Å². The Hall–Kier alpha value is -3.68. The number of pyridine rings is 1. The monoisotopic (exact) mass is 532 g/mol. The van der Waals surface area contributed by atoms with Crippen molar-refractivity contribution >= 4 is 28.0 Å². The highest BCUT2D eigenvalue weighted by molar-refractivity contribution is 7.91. The summed E-state index contributed by atoms with van der Waals surface area (Å²) in [5.41, 5.74) is 1.04. The fourth-order valence-electron chi connectivity index (χ4n) is 4.30. The molecule has 1 saturated heterocycles. The van der Waals surface area contributed by atoms with E-state index in [2.05, 4.69) is 26.9 Å². The van der Waals surface area contributed by atoms with Crippen LogP contribution >= 0.6 is 0 Å². The van der Waals surface area contributed by atoms with Crippen molar-refractivity contribution in [2.24, 2.45) is 0 Å². The molecule has 2 amide bonds. The van der Waals surface area contributed by atoms with E-state index >= 15 is 0 Å². The van der Waals surface area contributed by atoms with Crippen LogP contribution in [0.2, 0.25) is 0 Å². The first-order valence-electron chi connectivity index (χ1n) is 11.6. The molecule has 0 aliphatic carbocycles. The zero-order chi connectivity index (χ0) is 27.2. The number of rotatable bonds is 12. The Kier molecular flexibility index (Phi) is 9.08. The summed E-state index contributed by atoms with van der Waals surface area (Å²) in [6.45, 7) is 7.29. The summed E-state index contributed by atoms with van der Waals surface area (Å²) in [4.78, 5) is 42.8. The number of amides is 2. The topological polar surface area (TPSA) is 164 Å². The highest BCUT2D eigenvalue weighted by Gasteiger charge is 2.43. The summed E-state index contributed by atoms with van der Waals surface area (Å²) < 4.78 is 28.6. The van der Waals surface area contributed by atoms with E-state index in [4.69, 9.17) is 5.11 Å². The van der Waals surface area contributed by atoms with E-state index in [-0.39, 0.29) is 43.7 Å². The maximum atomic E-state index is 13.1. The third kappa shape index (κ3) is 6.76. The summed E-state index contributed by atoms with van der Waals surface area (Å²) in [6, 6.07) is 9.78. The molecule has 0 spiro atoms. The zero-order valence-electron chi connectivity index (χ0n) is 20.7. The van der Waals surface area contributed by atoms with Crippen LogP contribution in [0, 0.1) is 6.92 Å². The minimum atomic E-state index is -4.00. The fourth-order valence-corrected chi connectivity index (χ4v) is 5.52. The molecule has 0 bridgehead atoms. The number of benzene rings is 1. The second-order valence-corrected chi connectivity index (χ2v) is 10.4. The Bertz CT molecular complexity index is 1300. The van der Waals surface area contributed by atoms with Crippen LogP contribution in [0.3, 0.4) is 0 Å². The number of carbonyl (C=O) groups excluding carboxylic acids is 2. The molecule has 1 aromatic heterocycles. The summed E-state index contributed by atoms with van der Waals surface area (Å²) in [6.07, 6.45) is -0.303. The minimum Gasteiger partial charge on any atom is -0.395 e. The number of aryl methyl sites for hydroxylation is 1. The highest BCUT2D eigenvalue weighted by Crippen LogP contribution is 2.40. The number of H-pyrrole nitrogens is 1. The molecule has 2 atom stereocenters. The molecule has 2 heterocycles. The van der Waals surface area contributed by atoms with Crippen LogP contribution in [-0.2, 0) is 25.4 Å². The van der Waals surface area contributed by atoms with Gasteiger partial charge in [0.05, 0.1) is 25.6 Å². The second-order valence-electron chi connectivity index (χ2n) is 8.70. The Morgan fingerprint density at radius 3 is 2.62 bits per heavy atom. The molecule has 2 aromatic rings. The summed E-state index contributed by atoms with van der Waals surface area (Å²) in [5, 5.41) is 14.2. The van der Waals surface area contributed by atoms with E-state index < -0.39 is 27.8 Å². The molecule has 200 valence electrons. The first kappa shape index (κ1) is 27.9. The van der Waals surface area contributed by atoms with Crippen molar-refractivity contribution < 1.29 is 23.1 Å². The number of nitrogens with one attached hydrogen (secondary N) is 4. The lowest BCUT2D eigenvalue weighted by Crippen LogP contribution is -2.43. The van der Waals surface area contributed by atoms with Crippen LogP contribution in [0.4, 0.5) is 5.69 Å². The SMILES string of the molecule is C=C1C(C)N(CC(=O)NCCO)C(c2cc(C)[nH]c(=O)c2NS(=O)(=O)Cc2ccccc2)N1CNC=O. The third-order valence-corrected chi connectivity index (χ3v) is 7.23. The number of aliphatic hydroxyl groups is 1. The lowest BCUT2D eigenvalue weighted by molar-refractivity contribution is -0.123. The molecule has 3 rings (SSSR count). The van der Waals surface area contributed by atoms with Crippen LogP contribution in [0.25, 0.3) is 0 Å². The lowest BCUT2D eigenvalue weighted by Gasteiger charge is -2.33. The molecule has 1 aliphatic heterocycles. The van der Waals surface area contributed by atoms with Gasteiger partial charge in [-0.2, -0.15) is 0 Å². The number of aromatic nitrogens is 1. The molecule has 1 aliphatic rings. The van der Waals surface area contributed by atoms with Gasteiger partial charge in [-0.25, -0.2) is 8.42 Å². The van der Waals surface area contributed by atoms with Gasteiger partial charge < -0.3 is 25.6 Å². The third-order valence-electron chi connectivity index (χ3n) is 6.00. The predicted octanol–water partition coefficient (Wildman–Crippen LogP) is -0.0444. The average molecular weight is 533 g/mol. The Morgan fingerprint density at radius 2 is 1.97 bits per heavy atom. The van der Waals surface area contributed by atoms with Crippen molar-refractivity contribution in [1.82, 2.24) is 25.4 Å². The standard InChI is InChI=1S/C24H32N6O6S/c1-16-11-20(22(23(34)27-16)28-37(35,36)13-19-7-5-4-6-8-19)24-29(12-21(33)26-9-10-31)17(2)18(3)30(24)14-25-15-32/h4-8,11,15,17,24,28,31H,3,9-10,12-14H2,1-2H3,(H,25,32)(H,26,33)(H,27,34). The Labute approximate surface area is 215 Å². The number of hydrogen-bond acceptors (Lipinski definition) is 8. The van der Waals surface area contributed by atoms with Crippen LogP contribution in [0.15, 0.2) is 53.5 Å². The zero-order valence-corrected chi connectivity index (χ0v) is 21.5. The van der Waals surface area contributed by atoms with Gasteiger partial charge in [-0.3, -0.25) is 24.0 Å². The van der Waals surface area contributed by atoms with Gasteiger partial charge in [0.15, 0.2) is 0 Å². The first-order chi connectivity index (χ1) is 17.6. The van der Waals surface area contributed by atoms with Gasteiger partial charge in [-0.15, -0.1) is 0 Å². The molecule has 1 fully saturated rings. The van der Waals surface area contributed by atoms with Gasteiger partial charge in [0.25, 0.3) is 5.56 Å². The van der Waals surface area contributed by atoms with Gasteiger partial charge in [-0.05, 0) is 25.5 Å². The molecule has 13 heteroatoms. The molecule has 0 saturated carbocycles.